The van der Waals surface area contributed by atoms with Crippen molar-refractivity contribution in [3.05, 3.63) is 24.0 Å². The highest BCUT2D eigenvalue weighted by atomic mass is 16.5. The van der Waals surface area contributed by atoms with Gasteiger partial charge in [0.15, 0.2) is 0 Å². The van der Waals surface area contributed by atoms with Crippen molar-refractivity contribution in [1.82, 2.24) is 4.98 Å². The van der Waals surface area contributed by atoms with Crippen LogP contribution < -0.4 is 10.5 Å². The Bertz CT molecular complexity index is 386. The normalized spacial score (nSPS) is 11.2. The largest absolute Gasteiger partial charge is 0.491 e. The highest BCUT2D eigenvalue weighted by Gasteiger charge is 2.09. The van der Waals surface area contributed by atoms with Crippen LogP contribution in [-0.4, -0.2) is 29.6 Å². The van der Waals surface area contributed by atoms with Crippen LogP contribution in [0.1, 0.15) is 26.5 Å². The van der Waals surface area contributed by atoms with Crippen LogP contribution in [0, 0.1) is 5.41 Å². The Morgan fingerprint density at radius 2 is 2.12 bits per heavy atom. The maximum Gasteiger partial charge on any atom is 0.141 e. The van der Waals surface area contributed by atoms with Crippen LogP contribution in [0.3, 0.4) is 0 Å². The number of hydrogen-bond acceptors (Lipinski definition) is 4. The third kappa shape index (κ3) is 5.31. The Labute approximate surface area is 101 Å². The number of nitrogens with zero attached hydrogens (tertiary/aromatic N) is 1. The lowest BCUT2D eigenvalue weighted by Gasteiger charge is -2.19. The van der Waals surface area contributed by atoms with Crippen LogP contribution in [-0.2, 0) is 4.74 Å². The summed E-state index contributed by atoms with van der Waals surface area (Å²) in [6, 6.07) is 3.36. The van der Waals surface area contributed by atoms with Gasteiger partial charge in [-0.3, -0.25) is 10.4 Å². The van der Waals surface area contributed by atoms with Crippen molar-refractivity contribution in [2.75, 3.05) is 13.2 Å². The fourth-order valence-corrected chi connectivity index (χ4v) is 1.16. The molecular weight excluding hydrogens is 218 g/mol. The SMILES string of the molecule is CC(C)(C)OCCOc1ccnc(C(=N)N)c1. The summed E-state index contributed by atoms with van der Waals surface area (Å²) in [6.45, 7) is 6.95. The van der Waals surface area contributed by atoms with Crippen molar-refractivity contribution in [2.24, 2.45) is 5.73 Å². The van der Waals surface area contributed by atoms with Gasteiger partial charge in [-0.2, -0.15) is 0 Å². The number of nitrogen functional groups attached to an aromatic ring is 1. The number of nitrogens with one attached hydrogen (secondary N) is 1. The van der Waals surface area contributed by atoms with Gasteiger partial charge in [-0.1, -0.05) is 0 Å². The molecule has 5 nitrogen and oxygen atoms in total. The lowest BCUT2D eigenvalue weighted by molar-refractivity contribution is -0.0163. The van der Waals surface area contributed by atoms with Crippen LogP contribution >= 0.6 is 0 Å². The van der Waals surface area contributed by atoms with Crippen molar-refractivity contribution in [1.29, 1.82) is 5.41 Å². The maximum atomic E-state index is 7.26. The Hall–Kier alpha value is -1.62. The van der Waals surface area contributed by atoms with Gasteiger partial charge in [0.05, 0.1) is 12.2 Å². The molecule has 94 valence electrons. The number of hydrogen-bond donors (Lipinski definition) is 2. The second-order valence-electron chi connectivity index (χ2n) is 4.60. The molecule has 0 fully saturated rings. The van der Waals surface area contributed by atoms with E-state index in [1.54, 1.807) is 18.3 Å². The molecule has 1 aromatic heterocycles. The summed E-state index contributed by atoms with van der Waals surface area (Å²) in [6.07, 6.45) is 1.57. The van der Waals surface area contributed by atoms with E-state index in [0.717, 1.165) is 0 Å². The molecule has 0 saturated heterocycles. The van der Waals surface area contributed by atoms with E-state index in [4.69, 9.17) is 20.6 Å². The van der Waals surface area contributed by atoms with Gasteiger partial charge >= 0.3 is 0 Å². The molecule has 0 spiro atoms. The maximum absolute atomic E-state index is 7.26. The van der Waals surface area contributed by atoms with Crippen molar-refractivity contribution < 1.29 is 9.47 Å². The molecule has 3 N–H and O–H groups in total. The Morgan fingerprint density at radius 1 is 1.41 bits per heavy atom. The molecule has 1 rings (SSSR count). The van der Waals surface area contributed by atoms with Crippen LogP contribution in [0.15, 0.2) is 18.3 Å². The molecule has 17 heavy (non-hydrogen) atoms. The van der Waals surface area contributed by atoms with Gasteiger partial charge in [-0.15, -0.1) is 0 Å². The topological polar surface area (TPSA) is 81.2 Å². The van der Waals surface area contributed by atoms with E-state index in [2.05, 4.69) is 4.98 Å². The van der Waals surface area contributed by atoms with E-state index < -0.39 is 0 Å². The molecule has 0 aliphatic carbocycles. The lowest BCUT2D eigenvalue weighted by Crippen LogP contribution is -2.22. The lowest BCUT2D eigenvalue weighted by atomic mass is 10.2. The fourth-order valence-electron chi connectivity index (χ4n) is 1.16. The van der Waals surface area contributed by atoms with Crippen LogP contribution in [0.4, 0.5) is 0 Å². The zero-order valence-corrected chi connectivity index (χ0v) is 10.5. The van der Waals surface area contributed by atoms with Crippen molar-refractivity contribution in [3.8, 4) is 5.75 Å². The summed E-state index contributed by atoms with van der Waals surface area (Å²) in [5, 5.41) is 7.26. The molecule has 0 radical (unpaired) electrons. The summed E-state index contributed by atoms with van der Waals surface area (Å²) < 4.78 is 11.0. The Balaban J connectivity index is 2.42. The van der Waals surface area contributed by atoms with E-state index in [1.807, 2.05) is 20.8 Å². The van der Waals surface area contributed by atoms with Gasteiger partial charge in [0.1, 0.15) is 23.9 Å². The molecule has 0 aromatic carbocycles. The van der Waals surface area contributed by atoms with Gasteiger partial charge in [-0.25, -0.2) is 0 Å². The van der Waals surface area contributed by atoms with E-state index in [1.165, 1.54) is 0 Å². The molecule has 0 bridgehead atoms. The number of pyridine rings is 1. The minimum Gasteiger partial charge on any atom is -0.491 e. The van der Waals surface area contributed by atoms with Gasteiger partial charge in [-0.05, 0) is 26.8 Å². The minimum atomic E-state index is -0.161. The monoisotopic (exact) mass is 237 g/mol. The smallest absolute Gasteiger partial charge is 0.141 e. The first kappa shape index (κ1) is 13.4. The molecule has 0 amide bonds. The van der Waals surface area contributed by atoms with E-state index >= 15 is 0 Å². The summed E-state index contributed by atoms with van der Waals surface area (Å²) in [4.78, 5) is 3.95. The highest BCUT2D eigenvalue weighted by Crippen LogP contribution is 2.11. The van der Waals surface area contributed by atoms with E-state index in [9.17, 15) is 0 Å². The third-order valence-corrected chi connectivity index (χ3v) is 1.89. The first-order chi connectivity index (χ1) is 7.88. The number of nitrogens with two attached hydrogens (primary N) is 1. The molecule has 1 aromatic rings. The first-order valence-electron chi connectivity index (χ1n) is 5.46. The zero-order valence-electron chi connectivity index (χ0n) is 10.5. The second-order valence-corrected chi connectivity index (χ2v) is 4.60. The molecule has 0 aliphatic rings. The van der Waals surface area contributed by atoms with Gasteiger partial charge in [0.2, 0.25) is 0 Å². The molecule has 1 heterocycles. The molecule has 0 atom stereocenters. The molecule has 0 aliphatic heterocycles. The predicted octanol–water partition coefficient (Wildman–Crippen LogP) is 1.56. The number of ether oxygens (including phenoxy) is 2. The Morgan fingerprint density at radius 3 is 2.71 bits per heavy atom. The van der Waals surface area contributed by atoms with Crippen LogP contribution in [0.5, 0.6) is 5.75 Å². The minimum absolute atomic E-state index is 0.0682. The molecule has 0 saturated carbocycles. The second kappa shape index (κ2) is 5.63. The van der Waals surface area contributed by atoms with Crippen molar-refractivity contribution >= 4 is 5.84 Å². The average Bonchev–Trinajstić information content (AvgIpc) is 2.23. The van der Waals surface area contributed by atoms with Crippen LogP contribution in [0.25, 0.3) is 0 Å². The molecular formula is C12H19N3O2. The summed E-state index contributed by atoms with van der Waals surface area (Å²) in [5.41, 5.74) is 5.59. The number of amidine groups is 1. The fraction of sp³-hybridized carbons (Fsp3) is 0.500. The standard InChI is InChI=1S/C12H19N3O2/c1-12(2,3)17-7-6-16-9-4-5-15-10(8-9)11(13)14/h4-5,8H,6-7H2,1-3H3,(H3,13,14). The van der Waals surface area contributed by atoms with Gasteiger partial charge in [0.25, 0.3) is 0 Å². The van der Waals surface area contributed by atoms with Gasteiger partial charge in [0, 0.05) is 12.3 Å². The van der Waals surface area contributed by atoms with Crippen molar-refractivity contribution in [2.45, 2.75) is 26.4 Å². The highest BCUT2D eigenvalue weighted by molar-refractivity contribution is 5.93. The number of rotatable bonds is 5. The van der Waals surface area contributed by atoms with E-state index in [0.29, 0.717) is 24.7 Å². The summed E-state index contributed by atoms with van der Waals surface area (Å²) in [5.74, 6) is 0.573. The zero-order chi connectivity index (χ0) is 12.9. The van der Waals surface area contributed by atoms with Crippen molar-refractivity contribution in [3.63, 3.8) is 0 Å². The first-order valence-corrected chi connectivity index (χ1v) is 5.46. The summed E-state index contributed by atoms with van der Waals surface area (Å²) >= 11 is 0. The molecule has 0 unspecified atom stereocenters. The Kier molecular flexibility index (Phi) is 4.45. The quantitative estimate of drug-likeness (QED) is 0.462. The average molecular weight is 237 g/mol. The summed E-state index contributed by atoms with van der Waals surface area (Å²) in [7, 11) is 0. The molecule has 5 heteroatoms. The van der Waals surface area contributed by atoms with E-state index in [-0.39, 0.29) is 11.4 Å². The predicted molar refractivity (Wildman–Crippen MR) is 66.5 cm³/mol. The van der Waals surface area contributed by atoms with Crippen LogP contribution in [0.2, 0.25) is 0 Å². The third-order valence-electron chi connectivity index (χ3n) is 1.89. The number of aromatic nitrogens is 1. The van der Waals surface area contributed by atoms with Gasteiger partial charge < -0.3 is 15.2 Å².